The summed E-state index contributed by atoms with van der Waals surface area (Å²) in [5, 5.41) is 21.1. The first kappa shape index (κ1) is 36.8. The van der Waals surface area contributed by atoms with E-state index < -0.39 is 52.9 Å². The minimum absolute atomic E-state index is 0.0480. The van der Waals surface area contributed by atoms with Crippen molar-refractivity contribution in [1.29, 1.82) is 0 Å². The molecule has 280 valence electrons. The van der Waals surface area contributed by atoms with E-state index in [2.05, 4.69) is 127 Å². The minimum atomic E-state index is -3.06. The molecule has 54 heavy (non-hydrogen) atoms. The number of benzene rings is 5. The molecule has 6 aromatic rings. The Kier molecular flexibility index (Phi) is 9.25. The van der Waals surface area contributed by atoms with Gasteiger partial charge in [0.25, 0.3) is 5.56 Å². The van der Waals surface area contributed by atoms with Gasteiger partial charge in [-0.15, -0.1) is 0 Å². The molecule has 4 atom stereocenters. The van der Waals surface area contributed by atoms with Gasteiger partial charge in [0, 0.05) is 11.8 Å². The van der Waals surface area contributed by atoms with E-state index in [9.17, 15) is 14.7 Å². The number of nitrogens with zero attached hydrogens (tertiary/aromatic N) is 1. The van der Waals surface area contributed by atoms with Crippen LogP contribution >= 0.6 is 0 Å². The standard InChI is InChI=1S/C43H48N2O7Si2/c1-24(2)53(25(3)4)49-23-36-40(51-54(52-53,26(5)6)27(7)8)39(46)42(50-36)45-22-30(41(47)44-43(45)48)19-18-28-20-21-35-33-16-10-13-29-12-9-15-32(37(29)33)34-17-11-14-31(28)38(34)35/h9-17,20-22,24-27,36,39-40,42,46H,23H2,1-8H3,(H,44,47,48)/t36-,39-,40?,42-/m1/s1. The number of aliphatic hydroxyl groups is 1. The smallest absolute Gasteiger partial charge is 0.335 e. The van der Waals surface area contributed by atoms with Gasteiger partial charge in [-0.1, -0.05) is 128 Å². The topological polar surface area (TPSA) is 112 Å². The zero-order chi connectivity index (χ0) is 38.3. The summed E-state index contributed by atoms with van der Waals surface area (Å²) >= 11 is 0. The Labute approximate surface area is 317 Å². The molecule has 2 aliphatic heterocycles. The third-order valence-corrected chi connectivity index (χ3v) is 22.0. The summed E-state index contributed by atoms with van der Waals surface area (Å²) in [6.45, 7) is 17.2. The van der Waals surface area contributed by atoms with Gasteiger partial charge in [0.05, 0.1) is 6.61 Å². The molecule has 11 heteroatoms. The maximum Gasteiger partial charge on any atom is 0.335 e. The summed E-state index contributed by atoms with van der Waals surface area (Å²) in [4.78, 5) is 29.1. The lowest BCUT2D eigenvalue weighted by Gasteiger charge is -2.51. The molecule has 0 spiro atoms. The fourth-order valence-corrected chi connectivity index (χ4v) is 20.2. The quantitative estimate of drug-likeness (QED) is 0.0789. The van der Waals surface area contributed by atoms with Gasteiger partial charge in [-0.3, -0.25) is 14.3 Å². The SMILES string of the molecule is CC(C)[Si]1(C(C)C)OC[C@H]2O[C@@H](n3cc(C#Cc4ccc5c6cccc7cccc(c8cccc4c85)c76)c(=O)[nH]c3=O)[C@H](O)C2O[Si](C(C)C)(C(C)C)O1. The Hall–Kier alpha value is -4.13. The maximum atomic E-state index is 13.4. The lowest BCUT2D eigenvalue weighted by Crippen LogP contribution is -2.65. The van der Waals surface area contributed by atoms with Crippen LogP contribution in [0.2, 0.25) is 22.2 Å². The minimum Gasteiger partial charge on any atom is -0.414 e. The molecule has 1 unspecified atom stereocenters. The van der Waals surface area contributed by atoms with Crippen molar-refractivity contribution in [2.24, 2.45) is 0 Å². The van der Waals surface area contributed by atoms with Crippen molar-refractivity contribution in [2.45, 2.75) is 102 Å². The fraction of sp³-hybridized carbons (Fsp3) is 0.395. The van der Waals surface area contributed by atoms with Crippen molar-refractivity contribution in [2.75, 3.05) is 6.61 Å². The van der Waals surface area contributed by atoms with E-state index in [0.29, 0.717) is 0 Å². The number of hydrogen-bond acceptors (Lipinski definition) is 7. The van der Waals surface area contributed by atoms with Gasteiger partial charge >= 0.3 is 22.8 Å². The highest BCUT2D eigenvalue weighted by molar-refractivity contribution is 6.84. The highest BCUT2D eigenvalue weighted by atomic mass is 28.5. The Bertz CT molecular complexity index is 2520. The van der Waals surface area contributed by atoms with Crippen LogP contribution in [-0.2, 0) is 17.7 Å². The van der Waals surface area contributed by atoms with Crippen LogP contribution < -0.4 is 11.2 Å². The van der Waals surface area contributed by atoms with Gasteiger partial charge in [-0.05, 0) is 71.3 Å². The molecule has 2 aliphatic rings. The predicted octanol–water partition coefficient (Wildman–Crippen LogP) is 8.20. The van der Waals surface area contributed by atoms with Gasteiger partial charge in [-0.2, -0.15) is 0 Å². The molecule has 0 bridgehead atoms. The normalized spacial score (nSPS) is 22.8. The molecule has 1 aromatic heterocycles. The number of aliphatic hydroxyl groups excluding tert-OH is 1. The molecule has 5 aromatic carbocycles. The van der Waals surface area contributed by atoms with Crippen LogP contribution in [0.3, 0.4) is 0 Å². The zero-order valence-corrected chi connectivity index (χ0v) is 34.1. The second kappa shape index (κ2) is 13.6. The summed E-state index contributed by atoms with van der Waals surface area (Å²) in [5.74, 6) is 6.29. The number of nitrogens with one attached hydrogen (secondary N) is 1. The van der Waals surface area contributed by atoms with Gasteiger partial charge in [0.1, 0.15) is 23.9 Å². The van der Waals surface area contributed by atoms with Gasteiger partial charge < -0.3 is 22.8 Å². The molecule has 0 saturated carbocycles. The summed E-state index contributed by atoms with van der Waals surface area (Å²) < 4.78 is 28.8. The first-order valence-corrected chi connectivity index (χ1v) is 23.0. The number of fused-ring (bicyclic) bond motifs is 3. The van der Waals surface area contributed by atoms with E-state index in [0.717, 1.165) is 27.1 Å². The number of ether oxygens (including phenoxy) is 1. The average Bonchev–Trinajstić information content (AvgIpc) is 3.42. The Balaban J connectivity index is 1.18. The van der Waals surface area contributed by atoms with Crippen molar-refractivity contribution in [1.82, 2.24) is 9.55 Å². The highest BCUT2D eigenvalue weighted by Crippen LogP contribution is 2.48. The fourth-order valence-electron chi connectivity index (χ4n) is 9.02. The summed E-state index contributed by atoms with van der Waals surface area (Å²) in [7, 11) is -5.90. The van der Waals surface area contributed by atoms with E-state index in [-0.39, 0.29) is 34.3 Å². The Morgan fingerprint density at radius 3 is 1.91 bits per heavy atom. The molecule has 0 radical (unpaired) electrons. The van der Waals surface area contributed by atoms with Crippen LogP contribution in [0.1, 0.15) is 72.7 Å². The van der Waals surface area contributed by atoms with E-state index in [4.69, 9.17) is 17.7 Å². The van der Waals surface area contributed by atoms with Crippen molar-refractivity contribution in [3.05, 3.63) is 105 Å². The van der Waals surface area contributed by atoms with Gasteiger partial charge in [-0.25, -0.2) is 4.79 Å². The van der Waals surface area contributed by atoms with Crippen LogP contribution in [0.5, 0.6) is 0 Å². The zero-order valence-electron chi connectivity index (χ0n) is 32.1. The monoisotopic (exact) mass is 760 g/mol. The molecule has 9 nitrogen and oxygen atoms in total. The molecule has 2 saturated heterocycles. The van der Waals surface area contributed by atoms with E-state index in [1.165, 1.54) is 32.3 Å². The van der Waals surface area contributed by atoms with Gasteiger partial charge in [0.2, 0.25) is 0 Å². The predicted molar refractivity (Wildman–Crippen MR) is 219 cm³/mol. The van der Waals surface area contributed by atoms with E-state index in [1.54, 1.807) is 0 Å². The molecule has 8 rings (SSSR count). The second-order valence-electron chi connectivity index (χ2n) is 16.2. The molecule has 0 amide bonds. The number of hydrogen-bond donors (Lipinski definition) is 2. The summed E-state index contributed by atoms with van der Waals surface area (Å²) in [5.41, 5.74) is -0.121. The third kappa shape index (κ3) is 5.61. The molecular weight excluding hydrogens is 713 g/mol. The molecule has 3 heterocycles. The first-order valence-electron chi connectivity index (χ1n) is 19.1. The van der Waals surface area contributed by atoms with Crippen molar-refractivity contribution >= 4 is 60.2 Å². The molecule has 0 aliphatic carbocycles. The average molecular weight is 761 g/mol. The van der Waals surface area contributed by atoms with E-state index in [1.807, 2.05) is 12.1 Å². The lowest BCUT2D eigenvalue weighted by atomic mass is 9.88. The number of rotatable bonds is 5. The molecule has 2 N–H and O–H groups in total. The van der Waals surface area contributed by atoms with Crippen molar-refractivity contribution in [3.8, 4) is 11.8 Å². The first-order chi connectivity index (χ1) is 25.8. The van der Waals surface area contributed by atoms with Crippen LogP contribution in [-0.4, -0.2) is 56.7 Å². The van der Waals surface area contributed by atoms with Crippen LogP contribution in [0.15, 0.2) is 82.5 Å². The van der Waals surface area contributed by atoms with E-state index >= 15 is 0 Å². The van der Waals surface area contributed by atoms with Gasteiger partial charge in [0.15, 0.2) is 6.23 Å². The Morgan fingerprint density at radius 1 is 0.722 bits per heavy atom. The van der Waals surface area contributed by atoms with Crippen molar-refractivity contribution in [3.63, 3.8) is 0 Å². The number of aromatic amines is 1. The third-order valence-electron chi connectivity index (χ3n) is 11.7. The highest BCUT2D eigenvalue weighted by Gasteiger charge is 2.61. The molecule has 2 fully saturated rings. The maximum absolute atomic E-state index is 13.4. The molecular formula is C43H48N2O7Si2. The van der Waals surface area contributed by atoms with Crippen molar-refractivity contribution < 1.29 is 22.8 Å². The number of H-pyrrole nitrogens is 1. The Morgan fingerprint density at radius 2 is 1.28 bits per heavy atom. The van der Waals surface area contributed by atoms with Crippen LogP contribution in [0.4, 0.5) is 0 Å². The number of aromatic nitrogens is 2. The van der Waals surface area contributed by atoms with Crippen LogP contribution in [0.25, 0.3) is 43.1 Å². The summed E-state index contributed by atoms with van der Waals surface area (Å²) in [6, 6.07) is 23.1. The largest absolute Gasteiger partial charge is 0.414 e. The summed E-state index contributed by atoms with van der Waals surface area (Å²) in [6.07, 6.45) is -2.47. The lowest BCUT2D eigenvalue weighted by molar-refractivity contribution is -0.0601. The second-order valence-corrected chi connectivity index (χ2v) is 25.0. The van der Waals surface area contributed by atoms with Crippen LogP contribution in [0, 0.1) is 11.8 Å².